The van der Waals surface area contributed by atoms with E-state index in [2.05, 4.69) is 54.8 Å². The number of hydrogen-bond donors (Lipinski definition) is 1. The summed E-state index contributed by atoms with van der Waals surface area (Å²) in [5.74, 6) is 0. The van der Waals surface area contributed by atoms with Gasteiger partial charge in [-0.15, -0.1) is 11.8 Å². The van der Waals surface area contributed by atoms with Crippen molar-refractivity contribution in [3.63, 3.8) is 0 Å². The van der Waals surface area contributed by atoms with E-state index in [1.807, 2.05) is 0 Å². The first-order valence-electron chi connectivity index (χ1n) is 6.27. The van der Waals surface area contributed by atoms with Gasteiger partial charge in [0.15, 0.2) is 0 Å². The van der Waals surface area contributed by atoms with E-state index in [1.165, 1.54) is 21.6 Å². The molecule has 0 amide bonds. The average molecular weight is 257 g/mol. The highest BCUT2D eigenvalue weighted by molar-refractivity contribution is 7.98. The SMILES string of the molecule is CSc1ccc(-c2ccc(CCCN)cc2)cc1. The standard InChI is InChI=1S/C16H19NS/c1-18-16-10-8-15(9-11-16)14-6-4-13(5-7-14)3-2-12-17/h4-11H,2-3,12,17H2,1H3. The molecule has 0 heterocycles. The molecule has 2 rings (SSSR count). The summed E-state index contributed by atoms with van der Waals surface area (Å²) in [4.78, 5) is 1.30. The van der Waals surface area contributed by atoms with Crippen LogP contribution in [0.1, 0.15) is 12.0 Å². The summed E-state index contributed by atoms with van der Waals surface area (Å²) in [6.45, 7) is 0.762. The van der Waals surface area contributed by atoms with Crippen molar-refractivity contribution in [1.82, 2.24) is 0 Å². The van der Waals surface area contributed by atoms with Crippen molar-refractivity contribution in [2.24, 2.45) is 5.73 Å². The van der Waals surface area contributed by atoms with Gasteiger partial charge in [-0.1, -0.05) is 36.4 Å². The van der Waals surface area contributed by atoms with E-state index in [0.29, 0.717) is 0 Å². The fourth-order valence-electron chi connectivity index (χ4n) is 1.95. The van der Waals surface area contributed by atoms with Gasteiger partial charge >= 0.3 is 0 Å². The third-order valence-electron chi connectivity index (χ3n) is 3.05. The zero-order valence-corrected chi connectivity index (χ0v) is 11.5. The zero-order valence-electron chi connectivity index (χ0n) is 10.7. The Labute approximate surface area is 113 Å². The Bertz CT molecular complexity index is 473. The maximum absolute atomic E-state index is 5.52. The number of rotatable bonds is 5. The largest absolute Gasteiger partial charge is 0.330 e. The van der Waals surface area contributed by atoms with Crippen molar-refractivity contribution >= 4 is 11.8 Å². The minimum absolute atomic E-state index is 0.762. The van der Waals surface area contributed by atoms with Gasteiger partial charge in [-0.3, -0.25) is 0 Å². The summed E-state index contributed by atoms with van der Waals surface area (Å²) in [6, 6.07) is 17.5. The van der Waals surface area contributed by atoms with Crippen LogP contribution >= 0.6 is 11.8 Å². The minimum Gasteiger partial charge on any atom is -0.330 e. The topological polar surface area (TPSA) is 26.0 Å². The fourth-order valence-corrected chi connectivity index (χ4v) is 2.36. The van der Waals surface area contributed by atoms with Crippen LogP contribution in [-0.4, -0.2) is 12.8 Å². The summed E-state index contributed by atoms with van der Waals surface area (Å²) in [7, 11) is 0. The van der Waals surface area contributed by atoms with Crippen LogP contribution in [0, 0.1) is 0 Å². The quantitative estimate of drug-likeness (QED) is 0.820. The summed E-state index contributed by atoms with van der Waals surface area (Å²) in [6.07, 6.45) is 4.23. The van der Waals surface area contributed by atoms with E-state index in [0.717, 1.165) is 19.4 Å². The molecular formula is C16H19NS. The molecule has 2 N–H and O–H groups in total. The minimum atomic E-state index is 0.762. The van der Waals surface area contributed by atoms with Gasteiger partial charge in [0.1, 0.15) is 0 Å². The number of thioether (sulfide) groups is 1. The molecule has 0 aromatic heterocycles. The second-order valence-electron chi connectivity index (χ2n) is 4.32. The molecule has 0 atom stereocenters. The van der Waals surface area contributed by atoms with Crippen LogP contribution in [0.15, 0.2) is 53.4 Å². The summed E-state index contributed by atoms with van der Waals surface area (Å²) < 4.78 is 0. The maximum atomic E-state index is 5.52. The molecule has 0 radical (unpaired) electrons. The first-order chi connectivity index (χ1) is 8.83. The lowest BCUT2D eigenvalue weighted by Crippen LogP contribution is -2.00. The molecule has 94 valence electrons. The molecule has 0 aliphatic rings. The zero-order chi connectivity index (χ0) is 12.8. The predicted molar refractivity (Wildman–Crippen MR) is 81.0 cm³/mol. The molecule has 2 heteroatoms. The number of hydrogen-bond acceptors (Lipinski definition) is 2. The normalized spacial score (nSPS) is 10.6. The lowest BCUT2D eigenvalue weighted by molar-refractivity contribution is 0.833. The Hall–Kier alpha value is -1.25. The molecule has 2 aromatic carbocycles. The molecule has 0 fully saturated rings. The molecule has 1 nitrogen and oxygen atoms in total. The van der Waals surface area contributed by atoms with Gasteiger partial charge < -0.3 is 5.73 Å². The monoisotopic (exact) mass is 257 g/mol. The molecule has 0 saturated carbocycles. The molecular weight excluding hydrogens is 238 g/mol. The van der Waals surface area contributed by atoms with Gasteiger partial charge in [-0.25, -0.2) is 0 Å². The van der Waals surface area contributed by atoms with Crippen molar-refractivity contribution in [3.8, 4) is 11.1 Å². The number of aryl methyl sites for hydroxylation is 1. The lowest BCUT2D eigenvalue weighted by Gasteiger charge is -2.05. The van der Waals surface area contributed by atoms with Gasteiger partial charge in [-0.05, 0) is 54.5 Å². The van der Waals surface area contributed by atoms with Gasteiger partial charge in [0.2, 0.25) is 0 Å². The maximum Gasteiger partial charge on any atom is 0.00695 e. The molecule has 2 aromatic rings. The summed E-state index contributed by atoms with van der Waals surface area (Å²) in [5.41, 5.74) is 9.44. The third kappa shape index (κ3) is 3.37. The van der Waals surface area contributed by atoms with Crippen molar-refractivity contribution in [1.29, 1.82) is 0 Å². The summed E-state index contributed by atoms with van der Waals surface area (Å²) in [5, 5.41) is 0. The molecule has 0 aliphatic heterocycles. The average Bonchev–Trinajstić information content (AvgIpc) is 2.46. The Morgan fingerprint density at radius 1 is 0.889 bits per heavy atom. The Kier molecular flexibility index (Phi) is 4.85. The highest BCUT2D eigenvalue weighted by Crippen LogP contribution is 2.23. The molecule has 0 bridgehead atoms. The van der Waals surface area contributed by atoms with Crippen LogP contribution in [-0.2, 0) is 6.42 Å². The summed E-state index contributed by atoms with van der Waals surface area (Å²) >= 11 is 1.77. The van der Waals surface area contributed by atoms with E-state index < -0.39 is 0 Å². The lowest BCUT2D eigenvalue weighted by atomic mass is 10.0. The predicted octanol–water partition coefficient (Wildman–Crippen LogP) is 3.97. The molecule has 0 aliphatic carbocycles. The van der Waals surface area contributed by atoms with Crippen LogP contribution < -0.4 is 5.73 Å². The highest BCUT2D eigenvalue weighted by Gasteiger charge is 1.98. The van der Waals surface area contributed by atoms with E-state index in [-0.39, 0.29) is 0 Å². The Balaban J connectivity index is 2.12. The van der Waals surface area contributed by atoms with Gasteiger partial charge in [-0.2, -0.15) is 0 Å². The van der Waals surface area contributed by atoms with Crippen LogP contribution in [0.5, 0.6) is 0 Å². The Morgan fingerprint density at radius 2 is 1.44 bits per heavy atom. The van der Waals surface area contributed by atoms with Crippen molar-refractivity contribution in [2.75, 3.05) is 12.8 Å². The van der Waals surface area contributed by atoms with E-state index >= 15 is 0 Å². The Morgan fingerprint density at radius 3 is 1.94 bits per heavy atom. The molecule has 18 heavy (non-hydrogen) atoms. The smallest absolute Gasteiger partial charge is 0.00695 e. The van der Waals surface area contributed by atoms with Crippen molar-refractivity contribution in [3.05, 3.63) is 54.1 Å². The number of benzene rings is 2. The van der Waals surface area contributed by atoms with Crippen molar-refractivity contribution in [2.45, 2.75) is 17.7 Å². The first-order valence-corrected chi connectivity index (χ1v) is 7.49. The van der Waals surface area contributed by atoms with Gasteiger partial charge in [0.25, 0.3) is 0 Å². The van der Waals surface area contributed by atoms with Crippen molar-refractivity contribution < 1.29 is 0 Å². The van der Waals surface area contributed by atoms with E-state index in [9.17, 15) is 0 Å². The van der Waals surface area contributed by atoms with Crippen LogP contribution in [0.3, 0.4) is 0 Å². The van der Waals surface area contributed by atoms with Crippen LogP contribution in [0.4, 0.5) is 0 Å². The fraction of sp³-hybridized carbons (Fsp3) is 0.250. The second kappa shape index (κ2) is 6.62. The molecule has 0 saturated heterocycles. The van der Waals surface area contributed by atoms with E-state index in [4.69, 9.17) is 5.73 Å². The van der Waals surface area contributed by atoms with Gasteiger partial charge in [0, 0.05) is 4.90 Å². The first kappa shape index (κ1) is 13.2. The highest BCUT2D eigenvalue weighted by atomic mass is 32.2. The molecule has 0 unspecified atom stereocenters. The second-order valence-corrected chi connectivity index (χ2v) is 5.20. The van der Waals surface area contributed by atoms with Gasteiger partial charge in [0.05, 0.1) is 0 Å². The van der Waals surface area contributed by atoms with Crippen LogP contribution in [0.2, 0.25) is 0 Å². The van der Waals surface area contributed by atoms with Crippen LogP contribution in [0.25, 0.3) is 11.1 Å². The third-order valence-corrected chi connectivity index (χ3v) is 3.79. The number of nitrogens with two attached hydrogens (primary N) is 1. The van der Waals surface area contributed by atoms with E-state index in [1.54, 1.807) is 11.8 Å². The molecule has 0 spiro atoms.